The molecule has 0 heterocycles. The number of likely N-dealkylation sites (N-methyl/N-ethyl adjacent to an activating group) is 1. The number of benzene rings is 1. The van der Waals surface area contributed by atoms with Crippen LogP contribution in [0.4, 0.5) is 0 Å². The lowest BCUT2D eigenvalue weighted by Crippen LogP contribution is -2.40. The highest BCUT2D eigenvalue weighted by atomic mass is 15.2. The summed E-state index contributed by atoms with van der Waals surface area (Å²) in [5, 5.41) is 6.63. The first-order chi connectivity index (χ1) is 9.15. The molecule has 0 unspecified atom stereocenters. The second-order valence-corrected chi connectivity index (χ2v) is 4.73. The van der Waals surface area contributed by atoms with Crippen LogP contribution in [0.1, 0.15) is 18.1 Å². The summed E-state index contributed by atoms with van der Waals surface area (Å²) in [7, 11) is 3.91. The Bertz CT molecular complexity index is 384. The van der Waals surface area contributed by atoms with E-state index in [-0.39, 0.29) is 0 Å². The second-order valence-electron chi connectivity index (χ2n) is 4.73. The largest absolute Gasteiger partial charge is 0.355 e. The zero-order chi connectivity index (χ0) is 14.1. The van der Waals surface area contributed by atoms with Crippen LogP contribution in [-0.2, 0) is 6.54 Å². The van der Waals surface area contributed by atoms with Crippen molar-refractivity contribution in [2.75, 3.05) is 33.7 Å². The number of rotatable bonds is 6. The minimum atomic E-state index is 0.795. The number of nitrogens with one attached hydrogen (secondary N) is 2. The molecule has 4 heteroatoms. The van der Waals surface area contributed by atoms with Crippen LogP contribution in [0.2, 0.25) is 0 Å². The fourth-order valence-corrected chi connectivity index (χ4v) is 1.64. The van der Waals surface area contributed by atoms with E-state index in [4.69, 9.17) is 0 Å². The molecule has 0 fully saturated rings. The van der Waals surface area contributed by atoms with Gasteiger partial charge in [-0.3, -0.25) is 4.99 Å². The first-order valence-corrected chi connectivity index (χ1v) is 6.84. The summed E-state index contributed by atoms with van der Waals surface area (Å²) in [5.41, 5.74) is 2.55. The van der Waals surface area contributed by atoms with E-state index >= 15 is 0 Å². The third-order valence-corrected chi connectivity index (χ3v) is 3.13. The fourth-order valence-electron chi connectivity index (χ4n) is 1.64. The normalized spacial score (nSPS) is 11.7. The van der Waals surface area contributed by atoms with Gasteiger partial charge in [0.15, 0.2) is 5.96 Å². The summed E-state index contributed by atoms with van der Waals surface area (Å²) < 4.78 is 0. The van der Waals surface area contributed by atoms with Crippen molar-refractivity contribution in [2.24, 2.45) is 4.99 Å². The van der Waals surface area contributed by atoms with E-state index in [9.17, 15) is 0 Å². The highest BCUT2D eigenvalue weighted by molar-refractivity contribution is 5.79. The second kappa shape index (κ2) is 8.53. The van der Waals surface area contributed by atoms with Crippen molar-refractivity contribution in [1.82, 2.24) is 15.5 Å². The van der Waals surface area contributed by atoms with Crippen LogP contribution in [0.25, 0.3) is 0 Å². The van der Waals surface area contributed by atoms with Crippen LogP contribution in [0.5, 0.6) is 0 Å². The van der Waals surface area contributed by atoms with E-state index in [0.29, 0.717) is 0 Å². The monoisotopic (exact) mass is 262 g/mol. The number of aryl methyl sites for hydroxylation is 1. The van der Waals surface area contributed by atoms with Crippen LogP contribution in [-0.4, -0.2) is 44.6 Å². The summed E-state index contributed by atoms with van der Waals surface area (Å²) in [6, 6.07) is 8.54. The quantitative estimate of drug-likeness (QED) is 0.604. The maximum absolute atomic E-state index is 4.22. The average Bonchev–Trinajstić information content (AvgIpc) is 2.44. The average molecular weight is 262 g/mol. The predicted octanol–water partition coefficient (Wildman–Crippen LogP) is 1.61. The lowest BCUT2D eigenvalue weighted by molar-refractivity contribution is 0.357. The molecular formula is C15H26N4. The number of guanidine groups is 1. The van der Waals surface area contributed by atoms with E-state index < -0.39 is 0 Å². The smallest absolute Gasteiger partial charge is 0.191 e. The molecule has 19 heavy (non-hydrogen) atoms. The van der Waals surface area contributed by atoms with Crippen LogP contribution >= 0.6 is 0 Å². The van der Waals surface area contributed by atoms with Gasteiger partial charge in [0.05, 0.1) is 0 Å². The standard InChI is InChI=1S/C15H26N4/c1-5-19(4)11-10-17-15(16-3)18-12-14-8-6-13(2)7-9-14/h6-9H,5,10-12H2,1-4H3,(H2,16,17,18). The Morgan fingerprint density at radius 2 is 1.89 bits per heavy atom. The van der Waals surface area contributed by atoms with Gasteiger partial charge in [-0.25, -0.2) is 0 Å². The summed E-state index contributed by atoms with van der Waals surface area (Å²) in [4.78, 5) is 6.48. The number of aliphatic imine (C=N–C) groups is 1. The predicted molar refractivity (Wildman–Crippen MR) is 82.6 cm³/mol. The van der Waals surface area contributed by atoms with Gasteiger partial charge in [0, 0.05) is 26.7 Å². The molecule has 0 amide bonds. The Morgan fingerprint density at radius 1 is 1.21 bits per heavy atom. The van der Waals surface area contributed by atoms with Crippen molar-refractivity contribution >= 4 is 5.96 Å². The van der Waals surface area contributed by atoms with Crippen LogP contribution in [0.3, 0.4) is 0 Å². The van der Waals surface area contributed by atoms with Gasteiger partial charge in [-0.05, 0) is 26.1 Å². The van der Waals surface area contributed by atoms with Gasteiger partial charge in [-0.15, -0.1) is 0 Å². The van der Waals surface area contributed by atoms with Crippen molar-refractivity contribution in [2.45, 2.75) is 20.4 Å². The van der Waals surface area contributed by atoms with Crippen LogP contribution < -0.4 is 10.6 Å². The first kappa shape index (κ1) is 15.5. The fraction of sp³-hybridized carbons (Fsp3) is 0.533. The van der Waals surface area contributed by atoms with Crippen molar-refractivity contribution in [3.8, 4) is 0 Å². The zero-order valence-electron chi connectivity index (χ0n) is 12.5. The molecule has 0 radical (unpaired) electrons. The summed E-state index contributed by atoms with van der Waals surface area (Å²) in [6.45, 7) is 8.03. The van der Waals surface area contributed by atoms with E-state index in [0.717, 1.165) is 32.1 Å². The van der Waals surface area contributed by atoms with Gasteiger partial charge < -0.3 is 15.5 Å². The molecular weight excluding hydrogens is 236 g/mol. The molecule has 106 valence electrons. The molecule has 0 saturated carbocycles. The SMILES string of the molecule is CCN(C)CCNC(=NC)NCc1ccc(C)cc1. The van der Waals surface area contributed by atoms with Crippen molar-refractivity contribution < 1.29 is 0 Å². The summed E-state index contributed by atoms with van der Waals surface area (Å²) in [6.07, 6.45) is 0. The minimum Gasteiger partial charge on any atom is -0.355 e. The zero-order valence-corrected chi connectivity index (χ0v) is 12.5. The van der Waals surface area contributed by atoms with Gasteiger partial charge in [0.1, 0.15) is 0 Å². The van der Waals surface area contributed by atoms with Crippen molar-refractivity contribution in [1.29, 1.82) is 0 Å². The third-order valence-electron chi connectivity index (χ3n) is 3.13. The van der Waals surface area contributed by atoms with Crippen LogP contribution in [0.15, 0.2) is 29.3 Å². The molecule has 1 aromatic carbocycles. The molecule has 0 aliphatic carbocycles. The molecule has 0 aliphatic heterocycles. The maximum atomic E-state index is 4.22. The summed E-state index contributed by atoms with van der Waals surface area (Å²) in [5.74, 6) is 0.852. The Balaban J connectivity index is 2.31. The van der Waals surface area contributed by atoms with Gasteiger partial charge >= 0.3 is 0 Å². The molecule has 0 aliphatic rings. The maximum Gasteiger partial charge on any atom is 0.191 e. The first-order valence-electron chi connectivity index (χ1n) is 6.84. The Kier molecular flexibility index (Phi) is 6.97. The van der Waals surface area contributed by atoms with E-state index in [1.165, 1.54) is 11.1 Å². The van der Waals surface area contributed by atoms with Gasteiger partial charge in [0.2, 0.25) is 0 Å². The lowest BCUT2D eigenvalue weighted by Gasteiger charge is -2.16. The highest BCUT2D eigenvalue weighted by Gasteiger charge is 1.99. The number of nitrogens with zero attached hydrogens (tertiary/aromatic N) is 2. The lowest BCUT2D eigenvalue weighted by atomic mass is 10.1. The minimum absolute atomic E-state index is 0.795. The third kappa shape index (κ3) is 6.25. The topological polar surface area (TPSA) is 39.7 Å². The molecule has 2 N–H and O–H groups in total. The number of hydrogen-bond donors (Lipinski definition) is 2. The Hall–Kier alpha value is -1.55. The molecule has 0 aromatic heterocycles. The molecule has 0 atom stereocenters. The molecule has 0 spiro atoms. The van der Waals surface area contributed by atoms with Gasteiger partial charge in [-0.1, -0.05) is 36.8 Å². The molecule has 4 nitrogen and oxygen atoms in total. The van der Waals surface area contributed by atoms with Gasteiger partial charge in [-0.2, -0.15) is 0 Å². The molecule has 0 saturated heterocycles. The van der Waals surface area contributed by atoms with E-state index in [2.05, 4.69) is 65.7 Å². The molecule has 1 aromatic rings. The highest BCUT2D eigenvalue weighted by Crippen LogP contribution is 2.02. The van der Waals surface area contributed by atoms with E-state index in [1.807, 2.05) is 0 Å². The molecule has 1 rings (SSSR count). The van der Waals surface area contributed by atoms with Gasteiger partial charge in [0.25, 0.3) is 0 Å². The van der Waals surface area contributed by atoms with Crippen LogP contribution in [0, 0.1) is 6.92 Å². The Labute approximate surface area is 116 Å². The number of hydrogen-bond acceptors (Lipinski definition) is 2. The molecule has 0 bridgehead atoms. The Morgan fingerprint density at radius 3 is 2.47 bits per heavy atom. The summed E-state index contributed by atoms with van der Waals surface area (Å²) >= 11 is 0. The van der Waals surface area contributed by atoms with Crippen molar-refractivity contribution in [3.63, 3.8) is 0 Å². The van der Waals surface area contributed by atoms with Crippen molar-refractivity contribution in [3.05, 3.63) is 35.4 Å². The van der Waals surface area contributed by atoms with E-state index in [1.54, 1.807) is 7.05 Å².